The van der Waals surface area contributed by atoms with Gasteiger partial charge in [0.05, 0.1) is 33.1 Å². The minimum absolute atomic E-state index is 0.121. The van der Waals surface area contributed by atoms with Gasteiger partial charge in [0, 0.05) is 18.8 Å². The van der Waals surface area contributed by atoms with Gasteiger partial charge < -0.3 is 29.2 Å². The molecule has 0 radical (unpaired) electrons. The van der Waals surface area contributed by atoms with E-state index in [-0.39, 0.29) is 12.5 Å². The van der Waals surface area contributed by atoms with Crippen LogP contribution in [0.2, 0.25) is 0 Å². The Bertz CT molecular complexity index is 1080. The van der Waals surface area contributed by atoms with Crippen molar-refractivity contribution < 1.29 is 33.3 Å². The molecule has 1 saturated heterocycles. The molecular weight excluding hydrogens is 480 g/mol. The van der Waals surface area contributed by atoms with Crippen LogP contribution in [0.3, 0.4) is 0 Å². The monoisotopic (exact) mass is 512 g/mol. The number of morpholine rings is 1. The van der Waals surface area contributed by atoms with Crippen LogP contribution in [0, 0.1) is 0 Å². The predicted octanol–water partition coefficient (Wildman–Crippen LogP) is 2.20. The average Bonchev–Trinajstić information content (AvgIpc) is 2.93. The zero-order chi connectivity index (χ0) is 26.5. The molecule has 0 atom stereocenters. The lowest BCUT2D eigenvalue weighted by Gasteiger charge is -2.26. The first-order valence-electron chi connectivity index (χ1n) is 12.0. The van der Waals surface area contributed by atoms with Gasteiger partial charge in [0.1, 0.15) is 5.75 Å². The molecule has 3 amide bonds. The first-order valence-corrected chi connectivity index (χ1v) is 12.0. The number of rotatable bonds is 11. The molecule has 1 fully saturated rings. The van der Waals surface area contributed by atoms with Crippen molar-refractivity contribution in [3.63, 3.8) is 0 Å². The number of nitrogens with zero attached hydrogens (tertiary/aromatic N) is 2. The molecule has 0 bridgehead atoms. The zero-order valence-electron chi connectivity index (χ0n) is 21.0. The van der Waals surface area contributed by atoms with Crippen LogP contribution in [0.1, 0.15) is 25.3 Å². The number of hydrazone groups is 1. The summed E-state index contributed by atoms with van der Waals surface area (Å²) in [5, 5.41) is 6.33. The van der Waals surface area contributed by atoms with Gasteiger partial charge in [0.2, 0.25) is 0 Å². The zero-order valence-corrected chi connectivity index (χ0v) is 21.0. The number of carbonyl (C=O) groups excluding carboxylic acids is 3. The van der Waals surface area contributed by atoms with Crippen LogP contribution in [-0.2, 0) is 19.1 Å². The Balaban J connectivity index is 1.47. The molecule has 0 spiro atoms. The highest BCUT2D eigenvalue weighted by Gasteiger charge is 2.18. The predicted molar refractivity (Wildman–Crippen MR) is 137 cm³/mol. The topological polar surface area (TPSA) is 128 Å². The standard InChI is InChI=1S/C26H32N4O7/c1-3-4-13-36-21-8-6-20(7-9-21)28-25(32)26(33)29-27-17-19-5-10-22(23(16-19)34-2)37-18-24(31)30-11-14-35-15-12-30/h5-10,16-17H,3-4,11-15,18H2,1-2H3,(H,28,32)(H,29,33)/b27-17-. The number of benzene rings is 2. The highest BCUT2D eigenvalue weighted by molar-refractivity contribution is 6.39. The molecule has 3 rings (SSSR count). The quantitative estimate of drug-likeness (QED) is 0.204. The van der Waals surface area contributed by atoms with E-state index in [2.05, 4.69) is 22.8 Å². The second-order valence-corrected chi connectivity index (χ2v) is 8.07. The van der Waals surface area contributed by atoms with Crippen molar-refractivity contribution in [2.24, 2.45) is 5.10 Å². The van der Waals surface area contributed by atoms with Crippen LogP contribution in [0.4, 0.5) is 5.69 Å². The van der Waals surface area contributed by atoms with E-state index < -0.39 is 11.8 Å². The van der Waals surface area contributed by atoms with Gasteiger partial charge in [0.25, 0.3) is 5.91 Å². The van der Waals surface area contributed by atoms with Crippen molar-refractivity contribution in [3.05, 3.63) is 48.0 Å². The lowest BCUT2D eigenvalue weighted by Crippen LogP contribution is -2.43. The van der Waals surface area contributed by atoms with E-state index in [4.69, 9.17) is 18.9 Å². The molecule has 1 heterocycles. The number of anilines is 1. The second-order valence-electron chi connectivity index (χ2n) is 8.07. The number of carbonyl (C=O) groups is 3. The normalized spacial score (nSPS) is 13.2. The Morgan fingerprint density at radius 1 is 1.03 bits per heavy atom. The summed E-state index contributed by atoms with van der Waals surface area (Å²) in [4.78, 5) is 38.2. The van der Waals surface area contributed by atoms with Crippen molar-refractivity contribution >= 4 is 29.6 Å². The summed E-state index contributed by atoms with van der Waals surface area (Å²) < 4.78 is 21.8. The molecule has 2 aromatic carbocycles. The van der Waals surface area contributed by atoms with Crippen LogP contribution in [0.15, 0.2) is 47.6 Å². The summed E-state index contributed by atoms with van der Waals surface area (Å²) in [7, 11) is 1.48. The van der Waals surface area contributed by atoms with Gasteiger partial charge in [-0.2, -0.15) is 5.10 Å². The maximum Gasteiger partial charge on any atom is 0.329 e. The van der Waals surface area contributed by atoms with Gasteiger partial charge in [-0.25, -0.2) is 5.43 Å². The third-order valence-corrected chi connectivity index (χ3v) is 5.37. The van der Waals surface area contributed by atoms with Crippen molar-refractivity contribution in [1.29, 1.82) is 0 Å². The summed E-state index contributed by atoms with van der Waals surface area (Å²) in [5.74, 6) is -0.434. The molecule has 2 aromatic rings. The third-order valence-electron chi connectivity index (χ3n) is 5.37. The smallest absolute Gasteiger partial charge is 0.329 e. The molecule has 198 valence electrons. The number of nitrogens with one attached hydrogen (secondary N) is 2. The summed E-state index contributed by atoms with van der Waals surface area (Å²) in [6.07, 6.45) is 3.36. The van der Waals surface area contributed by atoms with Crippen LogP contribution < -0.4 is 25.0 Å². The van der Waals surface area contributed by atoms with Crippen molar-refractivity contribution in [1.82, 2.24) is 10.3 Å². The van der Waals surface area contributed by atoms with E-state index in [1.54, 1.807) is 47.4 Å². The molecule has 11 heteroatoms. The summed E-state index contributed by atoms with van der Waals surface area (Å²) in [6, 6.07) is 11.7. The molecule has 0 unspecified atom stereocenters. The maximum absolute atomic E-state index is 12.3. The molecule has 1 aliphatic rings. The number of amides is 3. The van der Waals surface area contributed by atoms with Crippen molar-refractivity contribution in [2.75, 3.05) is 51.9 Å². The molecule has 0 aliphatic carbocycles. The molecule has 37 heavy (non-hydrogen) atoms. The Morgan fingerprint density at radius 3 is 2.49 bits per heavy atom. The van der Waals surface area contributed by atoms with E-state index in [0.29, 0.717) is 61.4 Å². The average molecular weight is 513 g/mol. The molecule has 1 aliphatic heterocycles. The molecule has 2 N–H and O–H groups in total. The van der Waals surface area contributed by atoms with Crippen LogP contribution in [0.25, 0.3) is 0 Å². The van der Waals surface area contributed by atoms with Crippen molar-refractivity contribution in [3.8, 4) is 17.2 Å². The first-order chi connectivity index (χ1) is 18.0. The number of unbranched alkanes of at least 4 members (excludes halogenated alkanes) is 1. The Kier molecular flexibility index (Phi) is 10.7. The fraction of sp³-hybridized carbons (Fsp3) is 0.385. The Morgan fingerprint density at radius 2 is 1.78 bits per heavy atom. The summed E-state index contributed by atoms with van der Waals surface area (Å²) >= 11 is 0. The fourth-order valence-electron chi connectivity index (χ4n) is 3.30. The third kappa shape index (κ3) is 8.80. The Labute approximate surface area is 215 Å². The highest BCUT2D eigenvalue weighted by Crippen LogP contribution is 2.27. The van der Waals surface area contributed by atoms with Gasteiger partial charge >= 0.3 is 11.8 Å². The van der Waals surface area contributed by atoms with Crippen LogP contribution in [0.5, 0.6) is 17.2 Å². The summed E-state index contributed by atoms with van der Waals surface area (Å²) in [6.45, 7) is 4.70. The molecule has 11 nitrogen and oxygen atoms in total. The second kappa shape index (κ2) is 14.4. The van der Waals surface area contributed by atoms with Gasteiger partial charge in [-0.3, -0.25) is 14.4 Å². The maximum atomic E-state index is 12.3. The number of methoxy groups -OCH3 is 1. The van der Waals surface area contributed by atoms with Gasteiger partial charge in [0.15, 0.2) is 18.1 Å². The van der Waals surface area contributed by atoms with Gasteiger partial charge in [-0.15, -0.1) is 0 Å². The minimum Gasteiger partial charge on any atom is -0.494 e. The molecular formula is C26H32N4O7. The van der Waals surface area contributed by atoms with E-state index >= 15 is 0 Å². The number of hydrogen-bond acceptors (Lipinski definition) is 8. The first kappa shape index (κ1) is 27.5. The lowest BCUT2D eigenvalue weighted by atomic mass is 10.2. The molecule has 0 saturated carbocycles. The largest absolute Gasteiger partial charge is 0.494 e. The van der Waals surface area contributed by atoms with E-state index in [9.17, 15) is 14.4 Å². The van der Waals surface area contributed by atoms with E-state index in [0.717, 1.165) is 12.8 Å². The van der Waals surface area contributed by atoms with E-state index in [1.807, 2.05) is 0 Å². The van der Waals surface area contributed by atoms with Crippen LogP contribution in [-0.4, -0.2) is 75.5 Å². The van der Waals surface area contributed by atoms with E-state index in [1.165, 1.54) is 13.3 Å². The molecule has 0 aromatic heterocycles. The van der Waals surface area contributed by atoms with Crippen molar-refractivity contribution in [2.45, 2.75) is 19.8 Å². The Hall–Kier alpha value is -4.12. The van der Waals surface area contributed by atoms with Gasteiger partial charge in [-0.05, 0) is 54.4 Å². The number of ether oxygens (including phenoxy) is 4. The lowest BCUT2D eigenvalue weighted by molar-refractivity contribution is -0.137. The SMILES string of the molecule is CCCCOc1ccc(NC(=O)C(=O)N/N=C\c2ccc(OCC(=O)N3CCOCC3)c(OC)c2)cc1. The fourth-order valence-corrected chi connectivity index (χ4v) is 3.30. The van der Waals surface area contributed by atoms with Gasteiger partial charge in [-0.1, -0.05) is 13.3 Å². The van der Waals surface area contributed by atoms with Crippen LogP contribution >= 0.6 is 0 Å². The number of hydrogen-bond donors (Lipinski definition) is 2. The highest BCUT2D eigenvalue weighted by atomic mass is 16.5. The minimum atomic E-state index is -0.923. The summed E-state index contributed by atoms with van der Waals surface area (Å²) in [5.41, 5.74) is 3.23.